The van der Waals surface area contributed by atoms with Crippen LogP contribution in [0.2, 0.25) is 0 Å². The molecule has 0 radical (unpaired) electrons. The highest BCUT2D eigenvalue weighted by molar-refractivity contribution is 7.09. The molecule has 0 saturated carbocycles. The fourth-order valence-corrected chi connectivity index (χ4v) is 2.71. The lowest BCUT2D eigenvalue weighted by atomic mass is 9.99. The molecule has 3 atom stereocenters. The molecular weight excluding hydrogens is 276 g/mol. The van der Waals surface area contributed by atoms with Crippen LogP contribution >= 0.6 is 11.3 Å². The number of hydrogen-bond acceptors (Lipinski definition) is 3. The lowest BCUT2D eigenvalue weighted by Crippen LogP contribution is -2.51. The van der Waals surface area contributed by atoms with Crippen LogP contribution in [0.5, 0.6) is 0 Å². The minimum atomic E-state index is -1.000. The smallest absolute Gasteiger partial charge is 0.326 e. The molecule has 1 heterocycles. The molecule has 1 rings (SSSR count). The van der Waals surface area contributed by atoms with Crippen molar-refractivity contribution >= 4 is 23.3 Å². The van der Waals surface area contributed by atoms with Crippen LogP contribution in [0.4, 0.5) is 4.79 Å². The number of amides is 2. The van der Waals surface area contributed by atoms with E-state index in [9.17, 15) is 9.59 Å². The van der Waals surface area contributed by atoms with E-state index in [4.69, 9.17) is 5.11 Å². The van der Waals surface area contributed by atoms with Gasteiger partial charge in [0, 0.05) is 17.3 Å². The molecule has 1 aromatic rings. The van der Waals surface area contributed by atoms with Crippen molar-refractivity contribution in [2.45, 2.75) is 45.7 Å². The SMILES string of the molecule is CCC(C)C(NC(=O)NC(C)Cc1cccs1)C(=O)O. The Morgan fingerprint density at radius 1 is 1.35 bits per heavy atom. The van der Waals surface area contributed by atoms with Gasteiger partial charge in [0.1, 0.15) is 6.04 Å². The number of rotatable bonds is 7. The third-order valence-corrected chi connectivity index (χ3v) is 4.13. The Kier molecular flexibility index (Phi) is 6.51. The minimum Gasteiger partial charge on any atom is -0.480 e. The zero-order valence-corrected chi connectivity index (χ0v) is 12.9. The molecule has 3 N–H and O–H groups in total. The molecular formula is C14H22N2O3S. The molecule has 3 unspecified atom stereocenters. The highest BCUT2D eigenvalue weighted by Gasteiger charge is 2.25. The number of carboxylic acid groups (broad SMARTS) is 1. The third-order valence-electron chi connectivity index (χ3n) is 3.23. The van der Waals surface area contributed by atoms with Gasteiger partial charge in [-0.1, -0.05) is 26.3 Å². The van der Waals surface area contributed by atoms with Crippen LogP contribution in [0.25, 0.3) is 0 Å². The average molecular weight is 298 g/mol. The van der Waals surface area contributed by atoms with E-state index in [0.29, 0.717) is 6.42 Å². The number of carbonyl (C=O) groups excluding carboxylic acids is 1. The number of urea groups is 1. The fourth-order valence-electron chi connectivity index (χ4n) is 1.87. The topological polar surface area (TPSA) is 78.4 Å². The van der Waals surface area contributed by atoms with E-state index in [1.807, 2.05) is 38.3 Å². The van der Waals surface area contributed by atoms with Gasteiger partial charge in [-0.25, -0.2) is 9.59 Å². The number of nitrogens with one attached hydrogen (secondary N) is 2. The van der Waals surface area contributed by atoms with Crippen molar-refractivity contribution in [3.8, 4) is 0 Å². The second-order valence-electron chi connectivity index (χ2n) is 5.00. The molecule has 0 fully saturated rings. The Morgan fingerprint density at radius 2 is 2.05 bits per heavy atom. The summed E-state index contributed by atoms with van der Waals surface area (Å²) in [6.45, 7) is 5.62. The molecule has 0 aliphatic carbocycles. The Labute approximate surface area is 123 Å². The van der Waals surface area contributed by atoms with E-state index in [1.54, 1.807) is 11.3 Å². The van der Waals surface area contributed by atoms with Gasteiger partial charge in [-0.05, 0) is 24.3 Å². The molecule has 0 aromatic carbocycles. The van der Waals surface area contributed by atoms with E-state index in [1.165, 1.54) is 4.88 Å². The van der Waals surface area contributed by atoms with Gasteiger partial charge < -0.3 is 15.7 Å². The monoisotopic (exact) mass is 298 g/mol. The standard InChI is InChI=1S/C14H22N2O3S/c1-4-9(2)12(13(17)18)16-14(19)15-10(3)8-11-6-5-7-20-11/h5-7,9-10,12H,4,8H2,1-3H3,(H,17,18)(H2,15,16,19). The zero-order valence-electron chi connectivity index (χ0n) is 12.1. The number of aliphatic carboxylic acids is 1. The first kappa shape index (κ1) is 16.5. The summed E-state index contributed by atoms with van der Waals surface area (Å²) in [5.41, 5.74) is 0. The molecule has 0 saturated heterocycles. The van der Waals surface area contributed by atoms with Crippen molar-refractivity contribution in [2.75, 3.05) is 0 Å². The largest absolute Gasteiger partial charge is 0.480 e. The third kappa shape index (κ3) is 5.21. The highest BCUT2D eigenvalue weighted by Crippen LogP contribution is 2.11. The van der Waals surface area contributed by atoms with Crippen LogP contribution in [0.3, 0.4) is 0 Å². The van der Waals surface area contributed by atoms with Crippen molar-refractivity contribution in [2.24, 2.45) is 5.92 Å². The Balaban J connectivity index is 2.46. The lowest BCUT2D eigenvalue weighted by molar-refractivity contribution is -0.140. The summed E-state index contributed by atoms with van der Waals surface area (Å²) >= 11 is 1.64. The van der Waals surface area contributed by atoms with Crippen molar-refractivity contribution in [3.05, 3.63) is 22.4 Å². The highest BCUT2D eigenvalue weighted by atomic mass is 32.1. The van der Waals surface area contributed by atoms with Gasteiger partial charge in [0.25, 0.3) is 0 Å². The second kappa shape index (κ2) is 7.89. The van der Waals surface area contributed by atoms with Gasteiger partial charge in [0.15, 0.2) is 0 Å². The van der Waals surface area contributed by atoms with E-state index in [0.717, 1.165) is 6.42 Å². The molecule has 0 bridgehead atoms. The molecule has 0 aliphatic rings. The van der Waals surface area contributed by atoms with Gasteiger partial charge in [0.2, 0.25) is 0 Å². The van der Waals surface area contributed by atoms with Crippen molar-refractivity contribution in [3.63, 3.8) is 0 Å². The fraction of sp³-hybridized carbons (Fsp3) is 0.571. The average Bonchev–Trinajstić information content (AvgIpc) is 2.87. The molecule has 1 aromatic heterocycles. The summed E-state index contributed by atoms with van der Waals surface area (Å²) in [4.78, 5) is 24.2. The molecule has 5 nitrogen and oxygen atoms in total. The quantitative estimate of drug-likeness (QED) is 0.723. The van der Waals surface area contributed by atoms with E-state index in [2.05, 4.69) is 10.6 Å². The normalized spacial score (nSPS) is 15.2. The van der Waals surface area contributed by atoms with E-state index in [-0.39, 0.29) is 12.0 Å². The maximum Gasteiger partial charge on any atom is 0.326 e. The zero-order chi connectivity index (χ0) is 15.1. The van der Waals surface area contributed by atoms with Crippen molar-refractivity contribution in [1.29, 1.82) is 0 Å². The van der Waals surface area contributed by atoms with Crippen molar-refractivity contribution < 1.29 is 14.7 Å². The van der Waals surface area contributed by atoms with Gasteiger partial charge >= 0.3 is 12.0 Å². The minimum absolute atomic E-state index is 0.0416. The number of thiophene rings is 1. The van der Waals surface area contributed by atoms with Gasteiger partial charge in [-0.2, -0.15) is 0 Å². The van der Waals surface area contributed by atoms with Crippen LogP contribution in [0.1, 0.15) is 32.1 Å². The second-order valence-corrected chi connectivity index (χ2v) is 6.04. The van der Waals surface area contributed by atoms with Gasteiger partial charge in [0.05, 0.1) is 0 Å². The van der Waals surface area contributed by atoms with Crippen molar-refractivity contribution in [1.82, 2.24) is 10.6 Å². The number of carboxylic acids is 1. The maximum absolute atomic E-state index is 11.8. The first-order valence-electron chi connectivity index (χ1n) is 6.76. The molecule has 2 amide bonds. The molecule has 0 aliphatic heterocycles. The molecule has 112 valence electrons. The summed E-state index contributed by atoms with van der Waals surface area (Å²) in [6.07, 6.45) is 1.44. The number of hydrogen-bond donors (Lipinski definition) is 3. The summed E-state index contributed by atoms with van der Waals surface area (Å²) in [5.74, 6) is -1.11. The summed E-state index contributed by atoms with van der Waals surface area (Å²) in [7, 11) is 0. The maximum atomic E-state index is 11.8. The van der Waals surface area contributed by atoms with E-state index >= 15 is 0 Å². The predicted molar refractivity (Wildman–Crippen MR) is 80.0 cm³/mol. The Bertz CT molecular complexity index is 434. The van der Waals surface area contributed by atoms with Gasteiger partial charge in [-0.15, -0.1) is 11.3 Å². The Morgan fingerprint density at radius 3 is 2.55 bits per heavy atom. The summed E-state index contributed by atoms with van der Waals surface area (Å²) in [5, 5.41) is 16.4. The van der Waals surface area contributed by atoms with Crippen LogP contribution in [0, 0.1) is 5.92 Å². The Hall–Kier alpha value is -1.56. The van der Waals surface area contributed by atoms with Crippen LogP contribution in [-0.2, 0) is 11.2 Å². The molecule has 6 heteroatoms. The van der Waals surface area contributed by atoms with Crippen LogP contribution in [-0.4, -0.2) is 29.2 Å². The lowest BCUT2D eigenvalue weighted by Gasteiger charge is -2.22. The summed E-state index contributed by atoms with van der Waals surface area (Å²) < 4.78 is 0. The van der Waals surface area contributed by atoms with Crippen LogP contribution < -0.4 is 10.6 Å². The first-order valence-corrected chi connectivity index (χ1v) is 7.64. The molecule has 20 heavy (non-hydrogen) atoms. The first-order chi connectivity index (χ1) is 9.43. The predicted octanol–water partition coefficient (Wildman–Crippen LogP) is 2.48. The summed E-state index contributed by atoms with van der Waals surface area (Å²) in [6, 6.07) is 2.66. The number of carbonyl (C=O) groups is 2. The van der Waals surface area contributed by atoms with Crippen LogP contribution in [0.15, 0.2) is 17.5 Å². The molecule has 0 spiro atoms. The van der Waals surface area contributed by atoms with Gasteiger partial charge in [-0.3, -0.25) is 0 Å². The van der Waals surface area contributed by atoms with E-state index < -0.39 is 18.0 Å².